The first-order valence-electron chi connectivity index (χ1n) is 20.4. The van der Waals surface area contributed by atoms with Crippen LogP contribution in [0.15, 0.2) is 95.6 Å². The summed E-state index contributed by atoms with van der Waals surface area (Å²) < 4.78 is 0. The van der Waals surface area contributed by atoms with Gasteiger partial charge in [-0.1, -0.05) is 146 Å². The Morgan fingerprint density at radius 1 is 0.463 bits per heavy atom. The minimum absolute atomic E-state index is 0.00241. The summed E-state index contributed by atoms with van der Waals surface area (Å²) in [6, 6.07) is 29.2. The lowest BCUT2D eigenvalue weighted by Gasteiger charge is -2.47. The van der Waals surface area contributed by atoms with Crippen molar-refractivity contribution < 1.29 is 0 Å². The lowest BCUT2D eigenvalue weighted by molar-refractivity contribution is 0.478. The number of aryl methyl sites for hydroxylation is 1. The average Bonchev–Trinajstić information content (AvgIpc) is 3.05. The van der Waals surface area contributed by atoms with E-state index in [-0.39, 0.29) is 33.8 Å². The van der Waals surface area contributed by atoms with Crippen LogP contribution < -0.4 is 20.7 Å². The van der Waals surface area contributed by atoms with Crippen LogP contribution in [0.2, 0.25) is 0 Å². The maximum absolute atomic E-state index is 2.64. The molecule has 0 fully saturated rings. The summed E-state index contributed by atoms with van der Waals surface area (Å²) in [5.41, 5.74) is 20.7. The lowest BCUT2D eigenvalue weighted by atomic mass is 9.32. The van der Waals surface area contributed by atoms with Crippen molar-refractivity contribution in [2.24, 2.45) is 5.41 Å². The third-order valence-corrected chi connectivity index (χ3v) is 12.2. The van der Waals surface area contributed by atoms with Crippen molar-refractivity contribution in [3.63, 3.8) is 0 Å². The molecule has 4 aromatic carbocycles. The number of hydrogen-bond acceptors (Lipinski definition) is 2. The molecule has 0 atom stereocenters. The Balaban J connectivity index is 1.60. The molecule has 0 saturated carbocycles. The maximum Gasteiger partial charge on any atom is 0.251 e. The van der Waals surface area contributed by atoms with Crippen molar-refractivity contribution in [3.8, 4) is 0 Å². The monoisotopic (exact) mass is 717 g/mol. The highest BCUT2D eigenvalue weighted by molar-refractivity contribution is 6.95. The zero-order valence-electron chi connectivity index (χ0n) is 36.4. The van der Waals surface area contributed by atoms with Gasteiger partial charge in [0.1, 0.15) is 0 Å². The second-order valence-electron chi connectivity index (χ2n) is 21.7. The number of rotatable bonds is 2. The zero-order chi connectivity index (χ0) is 39.5. The van der Waals surface area contributed by atoms with Crippen molar-refractivity contribution >= 4 is 46.1 Å². The Morgan fingerprint density at radius 2 is 0.981 bits per heavy atom. The van der Waals surface area contributed by atoms with E-state index in [0.29, 0.717) is 0 Å². The molecule has 3 heteroatoms. The minimum atomic E-state index is 0.00241. The van der Waals surface area contributed by atoms with Crippen LogP contribution in [0.5, 0.6) is 0 Å². The topological polar surface area (TPSA) is 6.48 Å². The molecule has 0 aromatic heterocycles. The second-order valence-corrected chi connectivity index (χ2v) is 21.7. The first-order valence-corrected chi connectivity index (χ1v) is 20.4. The summed E-state index contributed by atoms with van der Waals surface area (Å²) in [6.45, 7) is 37.7. The largest absolute Gasteiger partial charge is 0.315 e. The van der Waals surface area contributed by atoms with E-state index < -0.39 is 0 Å². The highest BCUT2D eigenvalue weighted by atomic mass is 15.2. The molecule has 0 unspecified atom stereocenters. The molecular weight excluding hydrogens is 651 g/mol. The maximum atomic E-state index is 2.64. The Kier molecular flexibility index (Phi) is 8.88. The van der Waals surface area contributed by atoms with E-state index >= 15 is 0 Å². The normalized spacial score (nSPS) is 16.3. The van der Waals surface area contributed by atoms with Crippen LogP contribution in [0.4, 0.5) is 28.4 Å². The highest BCUT2D eigenvalue weighted by Crippen LogP contribution is 2.50. The zero-order valence-corrected chi connectivity index (χ0v) is 36.4. The smallest absolute Gasteiger partial charge is 0.251 e. The molecular formula is C51H65BN2. The van der Waals surface area contributed by atoms with Gasteiger partial charge in [-0.3, -0.25) is 0 Å². The molecule has 4 aromatic rings. The molecule has 0 bridgehead atoms. The van der Waals surface area contributed by atoms with Crippen molar-refractivity contribution in [2.45, 2.75) is 145 Å². The van der Waals surface area contributed by atoms with Crippen molar-refractivity contribution in [2.75, 3.05) is 9.80 Å². The van der Waals surface area contributed by atoms with Crippen LogP contribution in [0.1, 0.15) is 145 Å². The molecule has 0 spiro atoms. The quantitative estimate of drug-likeness (QED) is 0.191. The van der Waals surface area contributed by atoms with Gasteiger partial charge in [-0.05, 0) is 134 Å². The number of nitrogens with zero attached hydrogens (tertiary/aromatic N) is 2. The Bertz CT molecular complexity index is 2160. The molecule has 2 heterocycles. The van der Waals surface area contributed by atoms with Gasteiger partial charge >= 0.3 is 0 Å². The first-order chi connectivity index (χ1) is 24.8. The molecule has 0 N–H and O–H groups in total. The molecule has 2 aliphatic heterocycles. The highest BCUT2D eigenvalue weighted by Gasteiger charge is 2.46. The number of benzene rings is 4. The van der Waals surface area contributed by atoms with Crippen LogP contribution >= 0.6 is 0 Å². The fourth-order valence-electron chi connectivity index (χ4n) is 8.74. The Hall–Kier alpha value is -3.98. The summed E-state index contributed by atoms with van der Waals surface area (Å²) >= 11 is 0. The van der Waals surface area contributed by atoms with Crippen molar-refractivity contribution in [3.05, 3.63) is 123 Å². The predicted molar refractivity (Wildman–Crippen MR) is 238 cm³/mol. The molecule has 282 valence electrons. The third kappa shape index (κ3) is 6.69. The first kappa shape index (κ1) is 38.3. The molecule has 1 aliphatic carbocycles. The van der Waals surface area contributed by atoms with Gasteiger partial charge < -0.3 is 9.80 Å². The van der Waals surface area contributed by atoms with Crippen LogP contribution in [0.3, 0.4) is 0 Å². The molecule has 7 rings (SSSR count). The summed E-state index contributed by atoms with van der Waals surface area (Å²) in [7, 11) is 0. The summed E-state index contributed by atoms with van der Waals surface area (Å²) in [5, 5.41) is 0. The molecule has 2 nitrogen and oxygen atoms in total. The van der Waals surface area contributed by atoms with Gasteiger partial charge in [-0.25, -0.2) is 0 Å². The van der Waals surface area contributed by atoms with Crippen LogP contribution in [0, 0.1) is 12.3 Å². The minimum Gasteiger partial charge on any atom is -0.315 e. The van der Waals surface area contributed by atoms with E-state index in [9.17, 15) is 0 Å². The number of fused-ring (bicyclic) bond motifs is 3. The van der Waals surface area contributed by atoms with Gasteiger partial charge in [0, 0.05) is 34.1 Å². The van der Waals surface area contributed by atoms with E-state index in [1.54, 1.807) is 5.57 Å². The SMILES string of the molecule is Cc1cc2c3c(c1)N(c1cc(C(C)(C)C)cc(C(C)(C)C)c1)c1cc(C(C)(C)C)ccc1B3C1=C(CCC(C(C)(C)C)=C1)N2c1ccc(C(C)(C)C)cc1. The summed E-state index contributed by atoms with van der Waals surface area (Å²) in [5.74, 6) is 0. The Labute approximate surface area is 328 Å². The standard InChI is InChI=1S/C51H65BN2/c1-32-25-44-46-45(26-32)54(39-28-36(50(11,12)13)27-37(29-39)51(14,15)16)43-31-35(49(8,9)10)19-23-40(43)52(46)41-30-34(48(5,6)7)20-24-42(41)53(44)38-21-17-33(18-22-38)47(2,3)4/h17-19,21-23,25-31H,20,24H2,1-16H3. The van der Waals surface area contributed by atoms with Gasteiger partial charge in [0.15, 0.2) is 0 Å². The third-order valence-electron chi connectivity index (χ3n) is 12.2. The average molecular weight is 717 g/mol. The number of hydrogen-bond donors (Lipinski definition) is 0. The van der Waals surface area contributed by atoms with Crippen molar-refractivity contribution in [1.82, 2.24) is 0 Å². The molecule has 54 heavy (non-hydrogen) atoms. The van der Waals surface area contributed by atoms with E-state index in [1.807, 2.05) is 0 Å². The number of anilines is 5. The van der Waals surface area contributed by atoms with E-state index in [2.05, 4.69) is 199 Å². The summed E-state index contributed by atoms with van der Waals surface area (Å²) in [4.78, 5) is 5.28. The lowest BCUT2D eigenvalue weighted by Crippen LogP contribution is -2.56. The van der Waals surface area contributed by atoms with Crippen LogP contribution in [-0.2, 0) is 21.7 Å². The fraction of sp³-hybridized carbons (Fsp3) is 0.451. The van der Waals surface area contributed by atoms with E-state index in [1.165, 1.54) is 78.3 Å². The van der Waals surface area contributed by atoms with Gasteiger partial charge in [0.25, 0.3) is 6.71 Å². The van der Waals surface area contributed by atoms with E-state index in [4.69, 9.17) is 0 Å². The second kappa shape index (κ2) is 12.5. The van der Waals surface area contributed by atoms with Gasteiger partial charge in [0.2, 0.25) is 0 Å². The molecule has 3 aliphatic rings. The molecule has 0 amide bonds. The fourth-order valence-corrected chi connectivity index (χ4v) is 8.74. The number of allylic oxidation sites excluding steroid dienone is 4. The molecule has 0 radical (unpaired) electrons. The van der Waals surface area contributed by atoms with E-state index in [0.717, 1.165) is 12.8 Å². The summed E-state index contributed by atoms with van der Waals surface area (Å²) in [6.07, 6.45) is 4.72. The van der Waals surface area contributed by atoms with Crippen LogP contribution in [-0.4, -0.2) is 6.71 Å². The van der Waals surface area contributed by atoms with Gasteiger partial charge in [0.05, 0.1) is 0 Å². The van der Waals surface area contributed by atoms with Gasteiger partial charge in [-0.2, -0.15) is 0 Å². The van der Waals surface area contributed by atoms with Crippen LogP contribution in [0.25, 0.3) is 0 Å². The van der Waals surface area contributed by atoms with Crippen molar-refractivity contribution in [1.29, 1.82) is 0 Å². The Morgan fingerprint density at radius 3 is 1.50 bits per heavy atom. The molecule has 0 saturated heterocycles. The predicted octanol–water partition coefficient (Wildman–Crippen LogP) is 13.3. The van der Waals surface area contributed by atoms with Gasteiger partial charge in [-0.15, -0.1) is 0 Å².